The van der Waals surface area contributed by atoms with Gasteiger partial charge in [0.15, 0.2) is 5.78 Å². The number of Topliss-reactive ketones (excluding diaryl/α,β-unsaturated/α-hetero) is 1. The Balaban J connectivity index is 2.09. The van der Waals surface area contributed by atoms with E-state index in [1.165, 1.54) is 12.1 Å². The van der Waals surface area contributed by atoms with Crippen LogP contribution >= 0.6 is 11.6 Å². The first-order chi connectivity index (χ1) is 9.60. The number of hydrogen-bond donors (Lipinski definition) is 0. The summed E-state index contributed by atoms with van der Waals surface area (Å²) in [6.07, 6.45) is 0.188. The zero-order valence-electron chi connectivity index (χ0n) is 11.0. The number of halogens is 2. The maximum absolute atomic E-state index is 13.0. The third kappa shape index (κ3) is 3.58. The summed E-state index contributed by atoms with van der Waals surface area (Å²) in [4.78, 5) is 12.1. The summed E-state index contributed by atoms with van der Waals surface area (Å²) in [7, 11) is 0. The van der Waals surface area contributed by atoms with Gasteiger partial charge < -0.3 is 4.74 Å². The molecule has 20 heavy (non-hydrogen) atoms. The topological polar surface area (TPSA) is 26.3 Å². The molecule has 0 unspecified atom stereocenters. The van der Waals surface area contributed by atoms with Crippen LogP contribution in [0.3, 0.4) is 0 Å². The first-order valence-electron chi connectivity index (χ1n) is 6.30. The monoisotopic (exact) mass is 292 g/mol. The van der Waals surface area contributed by atoms with Crippen LogP contribution in [0.25, 0.3) is 0 Å². The van der Waals surface area contributed by atoms with Gasteiger partial charge in [-0.05, 0) is 48.9 Å². The quantitative estimate of drug-likeness (QED) is 0.768. The van der Waals surface area contributed by atoms with Gasteiger partial charge in [0.2, 0.25) is 0 Å². The standard InChI is InChI=1S/C16H14ClFO2/c1-2-20-13-6-4-12(5-7-13)16(19)10-11-3-8-15(18)14(17)9-11/h3-9H,2,10H2,1H3. The number of carbonyl (C=O) groups is 1. The molecule has 104 valence electrons. The molecular formula is C16H14ClFO2. The van der Waals surface area contributed by atoms with Crippen molar-refractivity contribution in [1.29, 1.82) is 0 Å². The SMILES string of the molecule is CCOc1ccc(C(=O)Cc2ccc(F)c(Cl)c2)cc1. The van der Waals surface area contributed by atoms with Gasteiger partial charge >= 0.3 is 0 Å². The summed E-state index contributed by atoms with van der Waals surface area (Å²) in [5.41, 5.74) is 1.28. The van der Waals surface area contributed by atoms with Crippen LogP contribution in [0.4, 0.5) is 4.39 Å². The highest BCUT2D eigenvalue weighted by molar-refractivity contribution is 6.30. The second-order valence-corrected chi connectivity index (χ2v) is 4.71. The fourth-order valence-electron chi connectivity index (χ4n) is 1.84. The summed E-state index contributed by atoms with van der Waals surface area (Å²) in [5.74, 6) is 0.202. The predicted octanol–water partition coefficient (Wildman–Crippen LogP) is 4.30. The van der Waals surface area contributed by atoms with Gasteiger partial charge in [0.1, 0.15) is 11.6 Å². The number of ether oxygens (including phenoxy) is 1. The lowest BCUT2D eigenvalue weighted by atomic mass is 10.0. The number of hydrogen-bond acceptors (Lipinski definition) is 2. The highest BCUT2D eigenvalue weighted by atomic mass is 35.5. The Morgan fingerprint density at radius 3 is 2.50 bits per heavy atom. The summed E-state index contributed by atoms with van der Waals surface area (Å²) in [5, 5.41) is 0.0296. The molecule has 0 fully saturated rings. The third-order valence-electron chi connectivity index (χ3n) is 2.84. The van der Waals surface area contributed by atoms with E-state index in [-0.39, 0.29) is 17.2 Å². The van der Waals surface area contributed by atoms with Crippen molar-refractivity contribution in [2.24, 2.45) is 0 Å². The van der Waals surface area contributed by atoms with E-state index < -0.39 is 5.82 Å². The number of ketones is 1. The molecule has 0 spiro atoms. The van der Waals surface area contributed by atoms with Crippen LogP contribution in [0.2, 0.25) is 5.02 Å². The molecule has 2 rings (SSSR count). The Kier molecular flexibility index (Phi) is 4.74. The molecule has 2 aromatic carbocycles. The molecule has 0 radical (unpaired) electrons. The summed E-state index contributed by atoms with van der Waals surface area (Å²) in [6.45, 7) is 2.48. The van der Waals surface area contributed by atoms with E-state index in [1.807, 2.05) is 6.92 Å². The predicted molar refractivity (Wildman–Crippen MR) is 77.1 cm³/mol. The van der Waals surface area contributed by atoms with E-state index in [0.717, 1.165) is 5.75 Å². The smallest absolute Gasteiger partial charge is 0.167 e. The molecule has 4 heteroatoms. The van der Waals surface area contributed by atoms with Gasteiger partial charge in [-0.1, -0.05) is 17.7 Å². The molecule has 0 aliphatic heterocycles. The molecule has 0 bridgehead atoms. The van der Waals surface area contributed by atoms with Crippen LogP contribution in [0, 0.1) is 5.82 Å². The van der Waals surface area contributed by atoms with E-state index in [4.69, 9.17) is 16.3 Å². The van der Waals surface area contributed by atoms with Crippen LogP contribution in [0.1, 0.15) is 22.8 Å². The van der Waals surface area contributed by atoms with E-state index >= 15 is 0 Å². The van der Waals surface area contributed by atoms with Crippen molar-refractivity contribution in [2.45, 2.75) is 13.3 Å². The molecule has 2 aromatic rings. The molecule has 0 atom stereocenters. The molecule has 0 amide bonds. The zero-order valence-corrected chi connectivity index (χ0v) is 11.8. The van der Waals surface area contributed by atoms with Crippen LogP contribution in [0.5, 0.6) is 5.75 Å². The number of rotatable bonds is 5. The molecule has 0 aliphatic rings. The lowest BCUT2D eigenvalue weighted by molar-refractivity contribution is 0.0993. The maximum atomic E-state index is 13.0. The summed E-state index contributed by atoms with van der Waals surface area (Å²) < 4.78 is 18.4. The fourth-order valence-corrected chi connectivity index (χ4v) is 2.04. The molecule has 0 aromatic heterocycles. The minimum Gasteiger partial charge on any atom is -0.494 e. The minimum absolute atomic E-state index is 0.0296. The Morgan fingerprint density at radius 2 is 1.90 bits per heavy atom. The average Bonchev–Trinajstić information content (AvgIpc) is 2.44. The highest BCUT2D eigenvalue weighted by Gasteiger charge is 2.09. The number of carbonyl (C=O) groups excluding carboxylic acids is 1. The van der Waals surface area contributed by atoms with Gasteiger partial charge in [0.25, 0.3) is 0 Å². The molecule has 0 aliphatic carbocycles. The summed E-state index contributed by atoms with van der Waals surface area (Å²) >= 11 is 5.70. The highest BCUT2D eigenvalue weighted by Crippen LogP contribution is 2.18. The van der Waals surface area contributed by atoms with Crippen molar-refractivity contribution in [1.82, 2.24) is 0 Å². The van der Waals surface area contributed by atoms with Crippen LogP contribution in [-0.2, 0) is 6.42 Å². The van der Waals surface area contributed by atoms with Gasteiger partial charge in [0, 0.05) is 12.0 Å². The van der Waals surface area contributed by atoms with E-state index in [2.05, 4.69) is 0 Å². The molecule has 0 saturated carbocycles. The molecule has 0 heterocycles. The van der Waals surface area contributed by atoms with Crippen molar-refractivity contribution < 1.29 is 13.9 Å². The van der Waals surface area contributed by atoms with Crippen molar-refractivity contribution in [3.05, 3.63) is 64.4 Å². The van der Waals surface area contributed by atoms with Gasteiger partial charge in [-0.3, -0.25) is 4.79 Å². The minimum atomic E-state index is -0.482. The summed E-state index contributed by atoms with van der Waals surface area (Å²) in [6, 6.07) is 11.3. The Morgan fingerprint density at radius 1 is 1.20 bits per heavy atom. The lowest BCUT2D eigenvalue weighted by Gasteiger charge is -2.05. The Labute approximate surface area is 122 Å². The fraction of sp³-hybridized carbons (Fsp3) is 0.188. The van der Waals surface area contributed by atoms with Gasteiger partial charge in [-0.2, -0.15) is 0 Å². The van der Waals surface area contributed by atoms with Crippen molar-refractivity contribution >= 4 is 17.4 Å². The first-order valence-corrected chi connectivity index (χ1v) is 6.68. The third-order valence-corrected chi connectivity index (χ3v) is 3.13. The first kappa shape index (κ1) is 14.5. The largest absolute Gasteiger partial charge is 0.494 e. The number of benzene rings is 2. The van der Waals surface area contributed by atoms with E-state index in [9.17, 15) is 9.18 Å². The molecular weight excluding hydrogens is 279 g/mol. The van der Waals surface area contributed by atoms with Crippen LogP contribution < -0.4 is 4.74 Å². The average molecular weight is 293 g/mol. The van der Waals surface area contributed by atoms with Crippen molar-refractivity contribution in [3.8, 4) is 5.75 Å². The van der Waals surface area contributed by atoms with Crippen molar-refractivity contribution in [2.75, 3.05) is 6.61 Å². The zero-order chi connectivity index (χ0) is 14.5. The van der Waals surface area contributed by atoms with Gasteiger partial charge in [-0.15, -0.1) is 0 Å². The lowest BCUT2D eigenvalue weighted by Crippen LogP contribution is -2.04. The van der Waals surface area contributed by atoms with Crippen molar-refractivity contribution in [3.63, 3.8) is 0 Å². The molecule has 0 saturated heterocycles. The Hall–Kier alpha value is -1.87. The normalized spacial score (nSPS) is 10.3. The van der Waals surface area contributed by atoms with E-state index in [0.29, 0.717) is 17.7 Å². The van der Waals surface area contributed by atoms with Gasteiger partial charge in [0.05, 0.1) is 11.6 Å². The van der Waals surface area contributed by atoms with E-state index in [1.54, 1.807) is 30.3 Å². The van der Waals surface area contributed by atoms with Crippen LogP contribution in [-0.4, -0.2) is 12.4 Å². The molecule has 0 N–H and O–H groups in total. The Bertz CT molecular complexity index is 608. The molecule has 2 nitrogen and oxygen atoms in total. The maximum Gasteiger partial charge on any atom is 0.167 e. The van der Waals surface area contributed by atoms with Crippen LogP contribution in [0.15, 0.2) is 42.5 Å². The second-order valence-electron chi connectivity index (χ2n) is 4.31. The second kappa shape index (κ2) is 6.53. The van der Waals surface area contributed by atoms with Gasteiger partial charge in [-0.25, -0.2) is 4.39 Å².